The summed E-state index contributed by atoms with van der Waals surface area (Å²) < 4.78 is 4.59. The Labute approximate surface area is 248 Å². The standard InChI is InChI=1S/C35H33Br2N2/c1-34(2)28-19-24-11-6-7-12-25(24)20-31(28)39(5)32(34)14-9-15-33-35(3,22-23-10-8-13-26(36)18-23)29-21-27(37)16-17-30(29)38(33)4/h6-21H,22H2,1-5H3/q+1. The summed E-state index contributed by atoms with van der Waals surface area (Å²) in [6.07, 6.45) is 7.80. The largest absolute Gasteiger partial charge is 0.347 e. The van der Waals surface area contributed by atoms with Crippen LogP contribution in [-0.2, 0) is 17.3 Å². The van der Waals surface area contributed by atoms with E-state index in [1.807, 2.05) is 0 Å². The Bertz CT molecular complexity index is 1730. The fourth-order valence-electron chi connectivity index (χ4n) is 6.66. The van der Waals surface area contributed by atoms with Crippen molar-refractivity contribution in [3.8, 4) is 0 Å². The van der Waals surface area contributed by atoms with Crippen molar-refractivity contribution >= 4 is 59.7 Å². The molecule has 2 nitrogen and oxygen atoms in total. The van der Waals surface area contributed by atoms with Gasteiger partial charge >= 0.3 is 0 Å². The van der Waals surface area contributed by atoms with E-state index >= 15 is 0 Å². The van der Waals surface area contributed by atoms with Gasteiger partial charge in [-0.1, -0.05) is 88.2 Å². The minimum atomic E-state index is -0.165. The maximum absolute atomic E-state index is 3.73. The molecule has 2 heterocycles. The molecule has 0 radical (unpaired) electrons. The fourth-order valence-corrected chi connectivity index (χ4v) is 7.47. The van der Waals surface area contributed by atoms with Crippen LogP contribution >= 0.6 is 31.9 Å². The lowest BCUT2D eigenvalue weighted by molar-refractivity contribution is -0.401. The lowest BCUT2D eigenvalue weighted by atomic mass is 9.74. The van der Waals surface area contributed by atoms with Crippen LogP contribution < -0.4 is 4.90 Å². The molecule has 1 unspecified atom stereocenters. The molecule has 2 aliphatic rings. The van der Waals surface area contributed by atoms with Gasteiger partial charge in [-0.3, -0.25) is 0 Å². The van der Waals surface area contributed by atoms with Crippen LogP contribution in [0.25, 0.3) is 10.8 Å². The second-order valence-corrected chi connectivity index (χ2v) is 13.4. The van der Waals surface area contributed by atoms with E-state index in [0.29, 0.717) is 0 Å². The van der Waals surface area contributed by atoms with Crippen LogP contribution in [0, 0.1) is 0 Å². The van der Waals surface area contributed by atoms with Crippen LogP contribution in [-0.4, -0.2) is 24.4 Å². The highest BCUT2D eigenvalue weighted by Crippen LogP contribution is 2.48. The van der Waals surface area contributed by atoms with E-state index in [1.54, 1.807) is 0 Å². The lowest BCUT2D eigenvalue weighted by Crippen LogP contribution is -2.33. The molecule has 0 aromatic heterocycles. The number of nitrogens with zero attached hydrogens (tertiary/aromatic N) is 2. The summed E-state index contributed by atoms with van der Waals surface area (Å²) >= 11 is 7.40. The monoisotopic (exact) mass is 639 g/mol. The van der Waals surface area contributed by atoms with Crippen molar-refractivity contribution in [3.05, 3.63) is 128 Å². The molecular weight excluding hydrogens is 608 g/mol. The summed E-state index contributed by atoms with van der Waals surface area (Å²) in [5.74, 6) is 0. The van der Waals surface area contributed by atoms with E-state index in [0.717, 1.165) is 15.4 Å². The van der Waals surface area contributed by atoms with Gasteiger partial charge in [-0.25, -0.2) is 0 Å². The minimum Gasteiger partial charge on any atom is -0.347 e. The summed E-state index contributed by atoms with van der Waals surface area (Å²) in [6.45, 7) is 7.05. The van der Waals surface area contributed by atoms with Crippen molar-refractivity contribution < 1.29 is 4.58 Å². The first-order valence-corrected chi connectivity index (χ1v) is 15.0. The molecule has 0 N–H and O–H groups in total. The molecule has 196 valence electrons. The Morgan fingerprint density at radius 1 is 0.821 bits per heavy atom. The third-order valence-corrected chi connectivity index (χ3v) is 9.68. The third-order valence-electron chi connectivity index (χ3n) is 8.70. The number of hydrogen-bond acceptors (Lipinski definition) is 1. The minimum absolute atomic E-state index is 0.0852. The Hall–Kier alpha value is -2.95. The van der Waals surface area contributed by atoms with Crippen LogP contribution in [0.15, 0.2) is 112 Å². The van der Waals surface area contributed by atoms with Gasteiger partial charge < -0.3 is 4.90 Å². The molecule has 1 atom stereocenters. The maximum atomic E-state index is 3.73. The molecule has 0 bridgehead atoms. The zero-order chi connectivity index (χ0) is 27.5. The quantitative estimate of drug-likeness (QED) is 0.201. The van der Waals surface area contributed by atoms with Crippen LogP contribution in [0.1, 0.15) is 37.5 Å². The number of halogens is 2. The smallest absolute Gasteiger partial charge is 0.209 e. The molecule has 4 aromatic rings. The molecule has 0 spiro atoms. The van der Waals surface area contributed by atoms with Gasteiger partial charge in [-0.2, -0.15) is 4.58 Å². The summed E-state index contributed by atoms with van der Waals surface area (Å²) in [5, 5.41) is 2.58. The second-order valence-electron chi connectivity index (χ2n) is 11.6. The number of likely N-dealkylation sites (N-methyl/N-ethyl adjacent to an activating group) is 1. The van der Waals surface area contributed by atoms with E-state index in [4.69, 9.17) is 0 Å². The van der Waals surface area contributed by atoms with Crippen molar-refractivity contribution in [2.24, 2.45) is 0 Å². The first-order chi connectivity index (χ1) is 18.6. The molecule has 2 aliphatic heterocycles. The SMILES string of the molecule is CN1/C(=C/C=C/C2=[N+](C)c3ccc(Br)cc3C2(C)Cc2cccc(Br)c2)C(C)(C)c2cc3ccccc3cc21. The number of anilines is 1. The Morgan fingerprint density at radius 3 is 2.28 bits per heavy atom. The van der Waals surface area contributed by atoms with Crippen LogP contribution in [0.5, 0.6) is 0 Å². The van der Waals surface area contributed by atoms with Crippen LogP contribution in [0.4, 0.5) is 11.4 Å². The lowest BCUT2D eigenvalue weighted by Gasteiger charge is -2.24. The fraction of sp³-hybridized carbons (Fsp3) is 0.229. The average Bonchev–Trinajstić information content (AvgIpc) is 3.21. The highest BCUT2D eigenvalue weighted by molar-refractivity contribution is 9.10. The summed E-state index contributed by atoms with van der Waals surface area (Å²) in [4.78, 5) is 2.36. The highest BCUT2D eigenvalue weighted by atomic mass is 79.9. The van der Waals surface area contributed by atoms with Crippen LogP contribution in [0.2, 0.25) is 0 Å². The average molecular weight is 641 g/mol. The van der Waals surface area contributed by atoms with Gasteiger partial charge in [0.1, 0.15) is 7.05 Å². The molecule has 0 fully saturated rings. The van der Waals surface area contributed by atoms with E-state index in [1.165, 1.54) is 50.2 Å². The Kier molecular flexibility index (Phi) is 6.47. The van der Waals surface area contributed by atoms with E-state index in [-0.39, 0.29) is 10.8 Å². The maximum Gasteiger partial charge on any atom is 0.209 e. The summed E-state index contributed by atoms with van der Waals surface area (Å²) in [6, 6.07) is 28.7. The van der Waals surface area contributed by atoms with E-state index < -0.39 is 0 Å². The summed E-state index contributed by atoms with van der Waals surface area (Å²) in [7, 11) is 4.39. The number of hydrogen-bond donors (Lipinski definition) is 0. The first kappa shape index (κ1) is 26.3. The third kappa shape index (κ3) is 4.33. The van der Waals surface area contributed by atoms with Crippen LogP contribution in [0.3, 0.4) is 0 Å². The second kappa shape index (κ2) is 9.60. The Morgan fingerprint density at radius 2 is 1.54 bits per heavy atom. The van der Waals surface area contributed by atoms with Crippen molar-refractivity contribution in [3.63, 3.8) is 0 Å². The first-order valence-electron chi connectivity index (χ1n) is 13.4. The van der Waals surface area contributed by atoms with Gasteiger partial charge in [0, 0.05) is 50.5 Å². The van der Waals surface area contributed by atoms with Gasteiger partial charge in [0.2, 0.25) is 5.69 Å². The molecule has 4 heteroatoms. The van der Waals surface area contributed by atoms with Gasteiger partial charge in [-0.15, -0.1) is 0 Å². The van der Waals surface area contributed by atoms with Crippen molar-refractivity contribution in [2.75, 3.05) is 19.0 Å². The van der Waals surface area contributed by atoms with E-state index in [9.17, 15) is 0 Å². The molecule has 0 saturated carbocycles. The molecular formula is C35H33Br2N2+. The number of benzene rings is 4. The predicted molar refractivity (Wildman–Crippen MR) is 173 cm³/mol. The molecule has 0 aliphatic carbocycles. The molecule has 0 amide bonds. The van der Waals surface area contributed by atoms with Crippen molar-refractivity contribution in [2.45, 2.75) is 38.0 Å². The molecule has 4 aromatic carbocycles. The van der Waals surface area contributed by atoms with Crippen molar-refractivity contribution in [1.82, 2.24) is 0 Å². The predicted octanol–water partition coefficient (Wildman–Crippen LogP) is 9.46. The number of fused-ring (bicyclic) bond motifs is 3. The topological polar surface area (TPSA) is 6.25 Å². The Balaban J connectivity index is 1.40. The van der Waals surface area contributed by atoms with E-state index in [2.05, 4.69) is 173 Å². The number of allylic oxidation sites excluding steroid dienone is 4. The molecule has 39 heavy (non-hydrogen) atoms. The zero-order valence-electron chi connectivity index (χ0n) is 23.1. The normalized spacial score (nSPS) is 20.9. The zero-order valence-corrected chi connectivity index (χ0v) is 26.3. The molecule has 6 rings (SSSR count). The summed E-state index contributed by atoms with van der Waals surface area (Å²) in [5.41, 5.74) is 8.96. The number of rotatable bonds is 4. The highest BCUT2D eigenvalue weighted by Gasteiger charge is 2.47. The van der Waals surface area contributed by atoms with Gasteiger partial charge in [0.05, 0.1) is 5.41 Å². The van der Waals surface area contributed by atoms with Crippen molar-refractivity contribution in [1.29, 1.82) is 0 Å². The molecule has 0 saturated heterocycles. The van der Waals surface area contributed by atoms with Gasteiger partial charge in [0.15, 0.2) is 5.71 Å². The van der Waals surface area contributed by atoms with Gasteiger partial charge in [-0.05, 0) is 77.7 Å². The van der Waals surface area contributed by atoms with Gasteiger partial charge in [0.25, 0.3) is 0 Å².